The second-order valence-corrected chi connectivity index (χ2v) is 7.70. The van der Waals surface area contributed by atoms with Crippen LogP contribution in [0, 0.1) is 0 Å². The van der Waals surface area contributed by atoms with Gasteiger partial charge in [-0.1, -0.05) is 18.2 Å². The van der Waals surface area contributed by atoms with E-state index in [1.807, 2.05) is 47.1 Å². The molecule has 5 rings (SSSR count). The summed E-state index contributed by atoms with van der Waals surface area (Å²) in [5.74, 6) is 1.58. The number of pyridine rings is 2. The lowest BCUT2D eigenvalue weighted by Crippen LogP contribution is -2.28. The molecule has 1 atom stereocenters. The van der Waals surface area contributed by atoms with Gasteiger partial charge in [-0.3, -0.25) is 4.40 Å². The molecule has 1 aliphatic heterocycles. The van der Waals surface area contributed by atoms with Gasteiger partial charge in [-0.25, -0.2) is 9.97 Å². The summed E-state index contributed by atoms with van der Waals surface area (Å²) in [7, 11) is 1.66. The van der Waals surface area contributed by atoms with Crippen LogP contribution in [0.4, 0.5) is 0 Å². The van der Waals surface area contributed by atoms with E-state index in [2.05, 4.69) is 22.4 Å². The topological polar surface area (TPSA) is 69.9 Å². The van der Waals surface area contributed by atoms with Crippen LogP contribution in [0.2, 0.25) is 0 Å². The lowest BCUT2D eigenvalue weighted by molar-refractivity contribution is 0.146. The molecule has 1 unspecified atom stereocenters. The number of fused-ring (bicyclic) bond motifs is 2. The Morgan fingerprint density at radius 3 is 2.97 bits per heavy atom. The fourth-order valence-electron chi connectivity index (χ4n) is 3.95. The van der Waals surface area contributed by atoms with E-state index in [1.54, 1.807) is 7.11 Å². The minimum absolute atomic E-state index is 0.414. The maximum absolute atomic E-state index is 6.15. The Hall–Kier alpha value is -3.16. The molecule has 1 aromatic carbocycles. The molecule has 1 saturated heterocycles. The third kappa shape index (κ3) is 4.19. The predicted octanol–water partition coefficient (Wildman–Crippen LogP) is 3.71. The predicted molar refractivity (Wildman–Crippen MR) is 120 cm³/mol. The van der Waals surface area contributed by atoms with Crippen LogP contribution < -0.4 is 14.8 Å². The Kier molecular flexibility index (Phi) is 5.69. The first kappa shape index (κ1) is 19.8. The van der Waals surface area contributed by atoms with Gasteiger partial charge in [-0.05, 0) is 37.6 Å². The van der Waals surface area contributed by atoms with Crippen molar-refractivity contribution in [2.75, 3.05) is 33.5 Å². The zero-order chi connectivity index (χ0) is 21.0. The zero-order valence-electron chi connectivity index (χ0n) is 17.6. The lowest BCUT2D eigenvalue weighted by Gasteiger charge is -2.14. The third-order valence-electron chi connectivity index (χ3n) is 5.59. The van der Waals surface area contributed by atoms with Crippen molar-refractivity contribution in [2.45, 2.75) is 18.9 Å². The molecule has 7 nitrogen and oxygen atoms in total. The Bertz CT molecular complexity index is 1180. The number of hydrogen-bond donors (Lipinski definition) is 1. The van der Waals surface area contributed by atoms with Gasteiger partial charge in [0.05, 0.1) is 24.2 Å². The molecule has 7 heteroatoms. The van der Waals surface area contributed by atoms with E-state index in [1.165, 1.54) is 6.42 Å². The summed E-state index contributed by atoms with van der Waals surface area (Å²) in [6, 6.07) is 14.4. The summed E-state index contributed by atoms with van der Waals surface area (Å²) in [6.07, 6.45) is 6.16. The van der Waals surface area contributed by atoms with Gasteiger partial charge in [-0.15, -0.1) is 0 Å². The van der Waals surface area contributed by atoms with Gasteiger partial charge in [0, 0.05) is 30.8 Å². The number of ether oxygens (including phenoxy) is 3. The molecule has 0 aliphatic carbocycles. The highest BCUT2D eigenvalue weighted by Crippen LogP contribution is 2.29. The van der Waals surface area contributed by atoms with E-state index >= 15 is 0 Å². The van der Waals surface area contributed by atoms with Crippen molar-refractivity contribution in [3.05, 3.63) is 54.9 Å². The highest BCUT2D eigenvalue weighted by Gasteiger charge is 2.16. The number of rotatable bonds is 8. The first-order chi connectivity index (χ1) is 15.3. The molecule has 0 saturated carbocycles. The zero-order valence-corrected chi connectivity index (χ0v) is 17.6. The molecule has 3 aromatic heterocycles. The molecule has 0 bridgehead atoms. The maximum atomic E-state index is 6.15. The number of nitrogens with one attached hydrogen (secondary N) is 1. The molecule has 31 heavy (non-hydrogen) atoms. The molecule has 0 spiro atoms. The minimum atomic E-state index is 0.414. The van der Waals surface area contributed by atoms with Gasteiger partial charge in [0.25, 0.3) is 0 Å². The van der Waals surface area contributed by atoms with Crippen molar-refractivity contribution in [1.29, 1.82) is 0 Å². The number of nitrogens with zero attached hydrogens (tertiary/aromatic N) is 3. The Morgan fingerprint density at radius 2 is 2.10 bits per heavy atom. The van der Waals surface area contributed by atoms with Crippen molar-refractivity contribution >= 4 is 16.6 Å². The smallest absolute Gasteiger partial charge is 0.145 e. The van der Waals surface area contributed by atoms with Crippen LogP contribution in [-0.2, 0) is 4.74 Å². The fourth-order valence-corrected chi connectivity index (χ4v) is 3.95. The van der Waals surface area contributed by atoms with Crippen molar-refractivity contribution in [1.82, 2.24) is 19.7 Å². The van der Waals surface area contributed by atoms with Gasteiger partial charge in [0.15, 0.2) is 0 Å². The standard InChI is InChI=1S/C24H26N4O3/c1-29-12-13-30-19-9-11-28-21(15-26-23(28)14-19)20-8-7-17-4-2-6-22(24(17)27-20)31-16-18-5-3-10-25-18/h2,4,6-9,11,14-15,18,25H,3,5,10,12-13,16H2,1H3. The van der Waals surface area contributed by atoms with Crippen LogP contribution in [0.25, 0.3) is 27.9 Å². The molecule has 1 N–H and O–H groups in total. The second-order valence-electron chi connectivity index (χ2n) is 7.70. The number of imidazole rings is 1. The summed E-state index contributed by atoms with van der Waals surface area (Å²) in [4.78, 5) is 9.49. The molecule has 4 aromatic rings. The lowest BCUT2D eigenvalue weighted by atomic mass is 10.1. The van der Waals surface area contributed by atoms with Crippen LogP contribution in [-0.4, -0.2) is 53.9 Å². The average Bonchev–Trinajstić information content (AvgIpc) is 3.47. The summed E-state index contributed by atoms with van der Waals surface area (Å²) in [5, 5.41) is 4.53. The van der Waals surface area contributed by atoms with E-state index in [0.29, 0.717) is 25.9 Å². The summed E-state index contributed by atoms with van der Waals surface area (Å²) < 4.78 is 18.9. The number of benzene rings is 1. The van der Waals surface area contributed by atoms with Crippen LogP contribution in [0.15, 0.2) is 54.9 Å². The van der Waals surface area contributed by atoms with Gasteiger partial charge in [-0.2, -0.15) is 0 Å². The number of aromatic nitrogens is 3. The summed E-state index contributed by atoms with van der Waals surface area (Å²) in [5.41, 5.74) is 3.45. The maximum Gasteiger partial charge on any atom is 0.145 e. The Balaban J connectivity index is 1.44. The monoisotopic (exact) mass is 418 g/mol. The third-order valence-corrected chi connectivity index (χ3v) is 5.59. The number of hydrogen-bond acceptors (Lipinski definition) is 6. The molecule has 160 valence electrons. The van der Waals surface area contributed by atoms with Gasteiger partial charge < -0.3 is 19.5 Å². The van der Waals surface area contributed by atoms with Crippen LogP contribution in [0.5, 0.6) is 11.5 Å². The molecule has 0 radical (unpaired) electrons. The molecular weight excluding hydrogens is 392 g/mol. The first-order valence-electron chi connectivity index (χ1n) is 10.7. The van der Waals surface area contributed by atoms with Crippen molar-refractivity contribution in [3.8, 4) is 22.9 Å². The van der Waals surface area contributed by atoms with Crippen molar-refractivity contribution < 1.29 is 14.2 Å². The molecule has 0 amide bonds. The average molecular weight is 418 g/mol. The highest BCUT2D eigenvalue weighted by atomic mass is 16.5. The molecule has 4 heterocycles. The molecule has 1 aliphatic rings. The Morgan fingerprint density at radius 1 is 1.13 bits per heavy atom. The quantitative estimate of drug-likeness (QED) is 0.440. The SMILES string of the molecule is COCCOc1ccn2c(-c3ccc4cccc(OCC5CCCN5)c4n3)cnc2c1. The van der Waals surface area contributed by atoms with Gasteiger partial charge >= 0.3 is 0 Å². The minimum Gasteiger partial charge on any atom is -0.491 e. The highest BCUT2D eigenvalue weighted by molar-refractivity contribution is 5.86. The van der Waals surface area contributed by atoms with Crippen molar-refractivity contribution in [3.63, 3.8) is 0 Å². The van der Waals surface area contributed by atoms with Crippen LogP contribution in [0.1, 0.15) is 12.8 Å². The van der Waals surface area contributed by atoms with Gasteiger partial charge in [0.2, 0.25) is 0 Å². The first-order valence-corrected chi connectivity index (χ1v) is 10.7. The fraction of sp³-hybridized carbons (Fsp3) is 0.333. The normalized spacial score (nSPS) is 16.2. The van der Waals surface area contributed by atoms with E-state index in [4.69, 9.17) is 19.2 Å². The molecule has 1 fully saturated rings. The van der Waals surface area contributed by atoms with Crippen LogP contribution >= 0.6 is 0 Å². The van der Waals surface area contributed by atoms with Crippen LogP contribution in [0.3, 0.4) is 0 Å². The van der Waals surface area contributed by atoms with Gasteiger partial charge in [0.1, 0.15) is 35.9 Å². The summed E-state index contributed by atoms with van der Waals surface area (Å²) in [6.45, 7) is 2.78. The van der Waals surface area contributed by atoms with E-state index in [-0.39, 0.29) is 0 Å². The molecular formula is C24H26N4O3. The van der Waals surface area contributed by atoms with E-state index in [9.17, 15) is 0 Å². The summed E-state index contributed by atoms with van der Waals surface area (Å²) >= 11 is 0. The van der Waals surface area contributed by atoms with E-state index < -0.39 is 0 Å². The van der Waals surface area contributed by atoms with Crippen molar-refractivity contribution in [2.24, 2.45) is 0 Å². The number of methoxy groups -OCH3 is 1. The number of para-hydroxylation sites is 1. The Labute approximate surface area is 181 Å². The van der Waals surface area contributed by atoms with E-state index in [0.717, 1.165) is 52.4 Å². The largest absolute Gasteiger partial charge is 0.491 e. The second kappa shape index (κ2) is 8.91.